The Hall–Kier alpha value is -2.02. The number of halogens is 1. The van der Waals surface area contributed by atoms with Crippen molar-refractivity contribution in [2.45, 2.75) is 18.9 Å². The molecule has 0 aromatic heterocycles. The Kier molecular flexibility index (Phi) is 3.29. The van der Waals surface area contributed by atoms with Gasteiger partial charge in [0.25, 0.3) is 0 Å². The van der Waals surface area contributed by atoms with E-state index >= 15 is 0 Å². The average Bonchev–Trinajstić information content (AvgIpc) is 2.74. The largest absolute Gasteiger partial charge is 0.465 e. The number of amides is 1. The Morgan fingerprint density at radius 1 is 1.53 bits per heavy atom. The molecule has 3 nitrogen and oxygen atoms in total. The van der Waals surface area contributed by atoms with Crippen LogP contribution in [0.25, 0.3) is 0 Å². The quantitative estimate of drug-likeness (QED) is 0.698. The molecule has 17 heavy (non-hydrogen) atoms. The highest BCUT2D eigenvalue weighted by atomic mass is 19.1. The van der Waals surface area contributed by atoms with Crippen LogP contribution in [-0.2, 0) is 0 Å². The molecule has 4 heteroatoms. The number of carbonyl (C=O) groups is 1. The minimum atomic E-state index is -0.943. The zero-order chi connectivity index (χ0) is 12.3. The van der Waals surface area contributed by atoms with Crippen LogP contribution in [-0.4, -0.2) is 28.7 Å². The van der Waals surface area contributed by atoms with Crippen molar-refractivity contribution in [2.75, 3.05) is 6.54 Å². The van der Waals surface area contributed by atoms with E-state index < -0.39 is 6.09 Å². The predicted octanol–water partition coefficient (Wildman–Crippen LogP) is 2.32. The molecule has 1 aliphatic heterocycles. The van der Waals surface area contributed by atoms with Crippen LogP contribution in [0.2, 0.25) is 0 Å². The van der Waals surface area contributed by atoms with Crippen molar-refractivity contribution in [1.29, 1.82) is 0 Å². The molecule has 88 valence electrons. The summed E-state index contributed by atoms with van der Waals surface area (Å²) in [5.74, 6) is 5.37. The number of rotatable bonds is 0. The normalized spacial score (nSPS) is 18.6. The Morgan fingerprint density at radius 2 is 2.35 bits per heavy atom. The van der Waals surface area contributed by atoms with Gasteiger partial charge >= 0.3 is 6.09 Å². The lowest BCUT2D eigenvalue weighted by Crippen LogP contribution is -2.33. The number of nitrogens with zero attached hydrogens (tertiary/aromatic N) is 1. The molecule has 1 fully saturated rings. The first-order chi connectivity index (χ1) is 8.16. The fourth-order valence-corrected chi connectivity index (χ4v) is 1.88. The van der Waals surface area contributed by atoms with Gasteiger partial charge in [-0.15, -0.1) is 0 Å². The van der Waals surface area contributed by atoms with Gasteiger partial charge in [-0.3, -0.25) is 4.90 Å². The van der Waals surface area contributed by atoms with E-state index in [0.29, 0.717) is 12.1 Å². The van der Waals surface area contributed by atoms with Crippen molar-refractivity contribution >= 4 is 6.09 Å². The molecule has 1 aliphatic rings. The zero-order valence-electron chi connectivity index (χ0n) is 9.19. The van der Waals surface area contributed by atoms with E-state index in [1.54, 1.807) is 12.1 Å². The summed E-state index contributed by atoms with van der Waals surface area (Å²) in [4.78, 5) is 12.2. The topological polar surface area (TPSA) is 40.5 Å². The highest BCUT2D eigenvalue weighted by Gasteiger charge is 2.26. The Bertz CT molecular complexity index is 490. The number of hydrogen-bond acceptors (Lipinski definition) is 1. The van der Waals surface area contributed by atoms with Crippen LogP contribution in [0.5, 0.6) is 0 Å². The lowest BCUT2D eigenvalue weighted by Gasteiger charge is -2.15. The Balaban J connectivity index is 2.13. The van der Waals surface area contributed by atoms with Gasteiger partial charge in [0.15, 0.2) is 0 Å². The van der Waals surface area contributed by atoms with E-state index in [-0.39, 0.29) is 11.9 Å². The summed E-state index contributed by atoms with van der Waals surface area (Å²) >= 11 is 0. The molecule has 1 unspecified atom stereocenters. The third kappa shape index (κ3) is 2.76. The van der Waals surface area contributed by atoms with Gasteiger partial charge in [0.2, 0.25) is 0 Å². The molecule has 1 saturated heterocycles. The highest BCUT2D eigenvalue weighted by molar-refractivity contribution is 5.66. The first kappa shape index (κ1) is 11.5. The molecule has 0 radical (unpaired) electrons. The van der Waals surface area contributed by atoms with Gasteiger partial charge in [-0.25, -0.2) is 9.18 Å². The SMILES string of the molecule is O=C(O)N1CCCC1C#Cc1cccc(F)c1. The van der Waals surface area contributed by atoms with Crippen LogP contribution < -0.4 is 0 Å². The van der Waals surface area contributed by atoms with Crippen LogP contribution in [0.1, 0.15) is 18.4 Å². The van der Waals surface area contributed by atoms with Crippen LogP contribution in [0, 0.1) is 17.7 Å². The van der Waals surface area contributed by atoms with Crippen LogP contribution in [0.15, 0.2) is 24.3 Å². The fourth-order valence-electron chi connectivity index (χ4n) is 1.88. The molecule has 2 rings (SSSR count). The zero-order valence-corrected chi connectivity index (χ0v) is 9.19. The molecule has 1 amide bonds. The average molecular weight is 233 g/mol. The number of hydrogen-bond donors (Lipinski definition) is 1. The van der Waals surface area contributed by atoms with Crippen LogP contribution in [0.3, 0.4) is 0 Å². The predicted molar refractivity (Wildman–Crippen MR) is 61.0 cm³/mol. The third-order valence-electron chi connectivity index (χ3n) is 2.71. The highest BCUT2D eigenvalue weighted by Crippen LogP contribution is 2.16. The maximum atomic E-state index is 12.9. The first-order valence-electron chi connectivity index (χ1n) is 5.43. The van der Waals surface area contributed by atoms with Gasteiger partial charge in [-0.05, 0) is 31.0 Å². The van der Waals surface area contributed by atoms with Gasteiger partial charge < -0.3 is 5.11 Å². The van der Waals surface area contributed by atoms with E-state index in [1.807, 2.05) is 0 Å². The summed E-state index contributed by atoms with van der Waals surface area (Å²) in [7, 11) is 0. The molecule has 0 saturated carbocycles. The maximum absolute atomic E-state index is 12.9. The van der Waals surface area contributed by atoms with Crippen LogP contribution >= 0.6 is 0 Å². The van der Waals surface area contributed by atoms with Crippen molar-refractivity contribution in [3.63, 3.8) is 0 Å². The third-order valence-corrected chi connectivity index (χ3v) is 2.71. The summed E-state index contributed by atoms with van der Waals surface area (Å²) < 4.78 is 12.9. The van der Waals surface area contributed by atoms with Gasteiger partial charge in [-0.1, -0.05) is 17.9 Å². The van der Waals surface area contributed by atoms with Crippen molar-refractivity contribution in [2.24, 2.45) is 0 Å². The van der Waals surface area contributed by atoms with E-state index in [0.717, 1.165) is 12.8 Å². The molecular formula is C13H12FNO2. The molecule has 1 heterocycles. The maximum Gasteiger partial charge on any atom is 0.408 e. The summed E-state index contributed by atoms with van der Waals surface area (Å²) in [6.07, 6.45) is 0.629. The molecule has 1 aromatic rings. The summed E-state index contributed by atoms with van der Waals surface area (Å²) in [5, 5.41) is 8.92. The molecule has 1 aromatic carbocycles. The molecule has 1 N–H and O–H groups in total. The minimum absolute atomic E-state index is 0.268. The first-order valence-corrected chi connectivity index (χ1v) is 5.43. The number of likely N-dealkylation sites (tertiary alicyclic amines) is 1. The Morgan fingerprint density at radius 3 is 3.06 bits per heavy atom. The number of benzene rings is 1. The molecule has 0 bridgehead atoms. The molecule has 1 atom stereocenters. The molecule has 0 aliphatic carbocycles. The second-order valence-corrected chi connectivity index (χ2v) is 3.91. The van der Waals surface area contributed by atoms with E-state index in [4.69, 9.17) is 5.11 Å². The number of carboxylic acid groups (broad SMARTS) is 1. The van der Waals surface area contributed by atoms with E-state index in [2.05, 4.69) is 11.8 Å². The molecular weight excluding hydrogens is 221 g/mol. The van der Waals surface area contributed by atoms with E-state index in [9.17, 15) is 9.18 Å². The second kappa shape index (κ2) is 4.88. The summed E-state index contributed by atoms with van der Waals surface area (Å²) in [6, 6.07) is 5.71. The van der Waals surface area contributed by atoms with Crippen molar-refractivity contribution in [3.8, 4) is 11.8 Å². The summed E-state index contributed by atoms with van der Waals surface area (Å²) in [6.45, 7) is 0.526. The lowest BCUT2D eigenvalue weighted by atomic mass is 10.2. The molecule has 0 spiro atoms. The van der Waals surface area contributed by atoms with Gasteiger partial charge in [0.05, 0.1) is 6.04 Å². The smallest absolute Gasteiger partial charge is 0.408 e. The van der Waals surface area contributed by atoms with E-state index in [1.165, 1.54) is 17.0 Å². The Labute approximate surface area is 98.9 Å². The fraction of sp³-hybridized carbons (Fsp3) is 0.308. The van der Waals surface area contributed by atoms with Crippen molar-refractivity contribution < 1.29 is 14.3 Å². The minimum Gasteiger partial charge on any atom is -0.465 e. The second-order valence-electron chi connectivity index (χ2n) is 3.91. The van der Waals surface area contributed by atoms with Crippen LogP contribution in [0.4, 0.5) is 9.18 Å². The van der Waals surface area contributed by atoms with Crippen molar-refractivity contribution in [1.82, 2.24) is 4.90 Å². The summed E-state index contributed by atoms with van der Waals surface area (Å²) in [5.41, 5.74) is 0.572. The monoisotopic (exact) mass is 233 g/mol. The van der Waals surface area contributed by atoms with Gasteiger partial charge in [0, 0.05) is 12.1 Å². The van der Waals surface area contributed by atoms with Gasteiger partial charge in [-0.2, -0.15) is 0 Å². The standard InChI is InChI=1S/C13H12FNO2/c14-11-4-1-3-10(9-11)6-7-12-5-2-8-15(12)13(16)17/h1,3-4,9,12H,2,5,8H2,(H,16,17). The van der Waals surface area contributed by atoms with Crippen molar-refractivity contribution in [3.05, 3.63) is 35.6 Å². The lowest BCUT2D eigenvalue weighted by molar-refractivity contribution is 0.148. The van der Waals surface area contributed by atoms with Gasteiger partial charge in [0.1, 0.15) is 5.82 Å².